The minimum atomic E-state index is 0.327. The van der Waals surface area contributed by atoms with Crippen molar-refractivity contribution in [2.45, 2.75) is 33.6 Å². The van der Waals surface area contributed by atoms with Gasteiger partial charge in [-0.15, -0.1) is 5.92 Å². The Labute approximate surface area is 109 Å². The molecule has 1 unspecified atom stereocenters. The Morgan fingerprint density at radius 1 is 1.35 bits per heavy atom. The number of ether oxygens (including phenoxy) is 1. The predicted molar refractivity (Wildman–Crippen MR) is 73.6 cm³/mol. The molecule has 1 nitrogen and oxygen atoms in total. The molecule has 1 aromatic rings. The molecule has 0 bridgehead atoms. The third-order valence-corrected chi connectivity index (χ3v) is 2.61. The molecule has 0 N–H and O–H groups in total. The first-order valence-corrected chi connectivity index (χ1v) is 6.44. The number of hydrogen-bond acceptors (Lipinski definition) is 1. The quantitative estimate of drug-likeness (QED) is 0.723. The molecular weight excluding hydrogens is 232 g/mol. The van der Waals surface area contributed by atoms with Gasteiger partial charge in [0.2, 0.25) is 0 Å². The number of hydrogen-bond donors (Lipinski definition) is 0. The van der Waals surface area contributed by atoms with Crippen molar-refractivity contribution in [2.24, 2.45) is 5.92 Å². The van der Waals surface area contributed by atoms with Gasteiger partial charge in [0, 0.05) is 17.4 Å². The van der Waals surface area contributed by atoms with Crippen molar-refractivity contribution >= 4 is 11.6 Å². The van der Waals surface area contributed by atoms with Crippen molar-refractivity contribution in [3.63, 3.8) is 0 Å². The largest absolute Gasteiger partial charge is 0.494 e. The van der Waals surface area contributed by atoms with E-state index in [2.05, 4.69) is 25.7 Å². The molecule has 0 fully saturated rings. The van der Waals surface area contributed by atoms with Crippen LogP contribution in [-0.4, -0.2) is 6.61 Å². The summed E-state index contributed by atoms with van der Waals surface area (Å²) < 4.78 is 5.59. The van der Waals surface area contributed by atoms with Crippen molar-refractivity contribution in [2.75, 3.05) is 6.61 Å². The van der Waals surface area contributed by atoms with E-state index in [0.717, 1.165) is 29.2 Å². The molecule has 17 heavy (non-hydrogen) atoms. The minimum Gasteiger partial charge on any atom is -0.494 e. The van der Waals surface area contributed by atoms with Gasteiger partial charge in [0.1, 0.15) is 5.75 Å². The highest BCUT2D eigenvalue weighted by molar-refractivity contribution is 6.30. The summed E-state index contributed by atoms with van der Waals surface area (Å²) in [7, 11) is 0. The highest BCUT2D eigenvalue weighted by atomic mass is 35.5. The molecule has 0 aliphatic carbocycles. The molecule has 0 saturated carbocycles. The molecule has 0 saturated heterocycles. The first kappa shape index (κ1) is 13.9. The molecule has 1 rings (SSSR count). The molecule has 0 amide bonds. The molecule has 92 valence electrons. The Balaban J connectivity index is 2.83. The van der Waals surface area contributed by atoms with E-state index in [0.29, 0.717) is 12.5 Å². The van der Waals surface area contributed by atoms with Crippen molar-refractivity contribution in [1.29, 1.82) is 0 Å². The van der Waals surface area contributed by atoms with Crippen LogP contribution in [0.2, 0.25) is 5.02 Å². The zero-order valence-electron chi connectivity index (χ0n) is 10.7. The fraction of sp³-hybridized carbons (Fsp3) is 0.467. The maximum Gasteiger partial charge on any atom is 0.122 e. The van der Waals surface area contributed by atoms with Gasteiger partial charge in [-0.25, -0.2) is 0 Å². The standard InChI is InChI=1S/C15H19ClO/c1-4-6-7-12(3)10-13-11-14(16)8-9-15(13)17-5-2/h8-9,11-12H,4-5,10H2,1-3H3. The maximum atomic E-state index is 6.01. The monoisotopic (exact) mass is 250 g/mol. The van der Waals surface area contributed by atoms with Crippen LogP contribution in [-0.2, 0) is 6.42 Å². The van der Waals surface area contributed by atoms with Crippen molar-refractivity contribution < 1.29 is 4.74 Å². The zero-order chi connectivity index (χ0) is 12.7. The summed E-state index contributed by atoms with van der Waals surface area (Å²) in [4.78, 5) is 0. The van der Waals surface area contributed by atoms with Crippen LogP contribution in [0.4, 0.5) is 0 Å². The SMILES string of the molecule is CCC#CC(C)Cc1cc(Cl)ccc1OCC. The van der Waals surface area contributed by atoms with E-state index in [1.54, 1.807) is 0 Å². The van der Waals surface area contributed by atoms with E-state index < -0.39 is 0 Å². The Hall–Kier alpha value is -1.13. The summed E-state index contributed by atoms with van der Waals surface area (Å²) in [5, 5.41) is 0.749. The van der Waals surface area contributed by atoms with Gasteiger partial charge >= 0.3 is 0 Å². The molecule has 0 spiro atoms. The molecular formula is C15H19ClO. The average molecular weight is 251 g/mol. The number of halogens is 1. The van der Waals surface area contributed by atoms with Crippen LogP contribution >= 0.6 is 11.6 Å². The summed E-state index contributed by atoms with van der Waals surface area (Å²) in [6.07, 6.45) is 1.78. The smallest absolute Gasteiger partial charge is 0.122 e. The number of benzene rings is 1. The molecule has 1 atom stereocenters. The summed E-state index contributed by atoms with van der Waals surface area (Å²) in [5.74, 6) is 7.58. The Morgan fingerprint density at radius 2 is 2.12 bits per heavy atom. The highest BCUT2D eigenvalue weighted by Gasteiger charge is 2.07. The third-order valence-electron chi connectivity index (χ3n) is 2.37. The van der Waals surface area contributed by atoms with Crippen molar-refractivity contribution in [3.8, 4) is 17.6 Å². The fourth-order valence-electron chi connectivity index (χ4n) is 1.66. The summed E-state index contributed by atoms with van der Waals surface area (Å²) in [6.45, 7) is 6.84. The van der Waals surface area contributed by atoms with E-state index in [1.165, 1.54) is 0 Å². The molecule has 0 heterocycles. The summed E-state index contributed by atoms with van der Waals surface area (Å²) in [5.41, 5.74) is 1.14. The molecule has 0 aromatic heterocycles. The van der Waals surface area contributed by atoms with Crippen LogP contribution < -0.4 is 4.74 Å². The molecule has 0 radical (unpaired) electrons. The second-order valence-electron chi connectivity index (χ2n) is 3.96. The average Bonchev–Trinajstić information content (AvgIpc) is 2.30. The van der Waals surface area contributed by atoms with Gasteiger partial charge in [0.15, 0.2) is 0 Å². The van der Waals surface area contributed by atoms with Gasteiger partial charge in [-0.3, -0.25) is 0 Å². The van der Waals surface area contributed by atoms with Crippen molar-refractivity contribution in [1.82, 2.24) is 0 Å². The van der Waals surface area contributed by atoms with E-state index >= 15 is 0 Å². The third kappa shape index (κ3) is 4.71. The van der Waals surface area contributed by atoms with Crippen LogP contribution in [0.5, 0.6) is 5.75 Å². The first-order valence-electron chi connectivity index (χ1n) is 6.07. The van der Waals surface area contributed by atoms with Gasteiger partial charge < -0.3 is 4.74 Å². The fourth-order valence-corrected chi connectivity index (χ4v) is 1.86. The van der Waals surface area contributed by atoms with Crippen LogP contribution in [0, 0.1) is 17.8 Å². The molecule has 0 aliphatic heterocycles. The lowest BCUT2D eigenvalue weighted by atomic mass is 10.0. The van der Waals surface area contributed by atoms with Gasteiger partial charge in [-0.05, 0) is 37.1 Å². The molecule has 1 aromatic carbocycles. The van der Waals surface area contributed by atoms with Gasteiger partial charge in [0.25, 0.3) is 0 Å². The topological polar surface area (TPSA) is 9.23 Å². The number of rotatable bonds is 4. The minimum absolute atomic E-state index is 0.327. The summed E-state index contributed by atoms with van der Waals surface area (Å²) in [6, 6.07) is 5.76. The Kier molecular flexibility index (Phi) is 5.94. The van der Waals surface area contributed by atoms with E-state index in [-0.39, 0.29) is 0 Å². The van der Waals surface area contributed by atoms with E-state index in [9.17, 15) is 0 Å². The lowest BCUT2D eigenvalue weighted by Gasteiger charge is -2.12. The Bertz CT molecular complexity index is 415. The first-order chi connectivity index (χ1) is 8.17. The van der Waals surface area contributed by atoms with Crippen LogP contribution in [0.3, 0.4) is 0 Å². The second-order valence-corrected chi connectivity index (χ2v) is 4.40. The normalized spacial score (nSPS) is 11.5. The molecule has 0 aliphatic rings. The van der Waals surface area contributed by atoms with Crippen LogP contribution in [0.25, 0.3) is 0 Å². The van der Waals surface area contributed by atoms with Gasteiger partial charge in [0.05, 0.1) is 6.61 Å². The lowest BCUT2D eigenvalue weighted by molar-refractivity contribution is 0.335. The molecule has 2 heteroatoms. The highest BCUT2D eigenvalue weighted by Crippen LogP contribution is 2.25. The maximum absolute atomic E-state index is 6.01. The van der Waals surface area contributed by atoms with Gasteiger partial charge in [-0.1, -0.05) is 31.4 Å². The van der Waals surface area contributed by atoms with Crippen LogP contribution in [0.1, 0.15) is 32.8 Å². The Morgan fingerprint density at radius 3 is 2.76 bits per heavy atom. The van der Waals surface area contributed by atoms with E-state index in [1.807, 2.05) is 25.1 Å². The predicted octanol–water partition coefficient (Wildman–Crippen LogP) is 4.33. The van der Waals surface area contributed by atoms with E-state index in [4.69, 9.17) is 16.3 Å². The van der Waals surface area contributed by atoms with Gasteiger partial charge in [-0.2, -0.15) is 0 Å². The zero-order valence-corrected chi connectivity index (χ0v) is 11.5. The lowest BCUT2D eigenvalue weighted by Crippen LogP contribution is -2.01. The van der Waals surface area contributed by atoms with Crippen molar-refractivity contribution in [3.05, 3.63) is 28.8 Å². The second kappa shape index (κ2) is 7.25. The summed E-state index contributed by atoms with van der Waals surface area (Å²) >= 11 is 6.01. The van der Waals surface area contributed by atoms with Crippen LogP contribution in [0.15, 0.2) is 18.2 Å².